The van der Waals surface area contributed by atoms with Crippen LogP contribution in [0.5, 0.6) is 0 Å². The Hall–Kier alpha value is -1.98. The lowest BCUT2D eigenvalue weighted by Crippen LogP contribution is -2.00. The highest BCUT2D eigenvalue weighted by molar-refractivity contribution is 5.86. The molecule has 4 nitrogen and oxygen atoms in total. The van der Waals surface area contributed by atoms with Gasteiger partial charge in [-0.1, -0.05) is 0 Å². The summed E-state index contributed by atoms with van der Waals surface area (Å²) in [4.78, 5) is 13.2. The third-order valence-corrected chi connectivity index (χ3v) is 1.45. The number of hydrogen-bond donors (Lipinski definition) is 2. The predicted molar refractivity (Wildman–Crippen MR) is 45.2 cm³/mol. The number of nitrogens with two attached hydrogens (primary N) is 1. The van der Waals surface area contributed by atoms with Crippen molar-refractivity contribution < 1.29 is 18.7 Å². The second-order valence-electron chi connectivity index (χ2n) is 2.40. The molecule has 0 saturated heterocycles. The Labute approximate surface area is 77.7 Å². The summed E-state index contributed by atoms with van der Waals surface area (Å²) >= 11 is 0. The van der Waals surface area contributed by atoms with Crippen LogP contribution in [0.4, 0.5) is 14.5 Å². The van der Waals surface area contributed by atoms with Crippen LogP contribution in [0.2, 0.25) is 0 Å². The average Bonchev–Trinajstić information content (AvgIpc) is 2.13. The smallest absolute Gasteiger partial charge is 0.328 e. The number of aromatic nitrogens is 1. The third-order valence-electron chi connectivity index (χ3n) is 1.45. The predicted octanol–water partition coefficient (Wildman–Crippen LogP) is 1.04. The first kappa shape index (κ1) is 10.1. The molecule has 0 aliphatic heterocycles. The topological polar surface area (TPSA) is 76.2 Å². The highest BCUT2D eigenvalue weighted by Gasteiger charge is 2.09. The number of aliphatic carboxylic acids is 1. The number of rotatable bonds is 2. The van der Waals surface area contributed by atoms with E-state index >= 15 is 0 Å². The number of nitrogens with zero attached hydrogens (tertiary/aromatic N) is 1. The fourth-order valence-electron chi connectivity index (χ4n) is 0.784. The zero-order chi connectivity index (χ0) is 10.7. The molecule has 0 bridgehead atoms. The summed E-state index contributed by atoms with van der Waals surface area (Å²) in [6, 6.07) is 0. The molecule has 0 saturated carbocycles. The second-order valence-corrected chi connectivity index (χ2v) is 2.40. The van der Waals surface area contributed by atoms with E-state index in [0.29, 0.717) is 0 Å². The molecule has 0 spiro atoms. The molecule has 0 atom stereocenters. The van der Waals surface area contributed by atoms with Crippen molar-refractivity contribution in [3.8, 4) is 0 Å². The van der Waals surface area contributed by atoms with Crippen molar-refractivity contribution in [2.45, 2.75) is 0 Å². The van der Waals surface area contributed by atoms with Gasteiger partial charge in [0.2, 0.25) is 5.82 Å². The van der Waals surface area contributed by atoms with Crippen LogP contribution in [0, 0.1) is 11.8 Å². The van der Waals surface area contributed by atoms with Gasteiger partial charge in [-0.25, -0.2) is 9.78 Å². The van der Waals surface area contributed by atoms with Crippen molar-refractivity contribution >= 4 is 17.7 Å². The molecule has 1 heterocycles. The first-order valence-electron chi connectivity index (χ1n) is 3.53. The highest BCUT2D eigenvalue weighted by atomic mass is 19.2. The average molecular weight is 200 g/mol. The minimum absolute atomic E-state index is 0.0197. The Morgan fingerprint density at radius 3 is 2.79 bits per heavy atom. The van der Waals surface area contributed by atoms with Gasteiger partial charge in [0, 0.05) is 17.8 Å². The largest absolute Gasteiger partial charge is 0.478 e. The van der Waals surface area contributed by atoms with Crippen molar-refractivity contribution in [1.29, 1.82) is 0 Å². The zero-order valence-electron chi connectivity index (χ0n) is 6.87. The first-order chi connectivity index (χ1) is 6.52. The Balaban J connectivity index is 3.12. The maximum absolute atomic E-state index is 12.8. The summed E-state index contributed by atoms with van der Waals surface area (Å²) in [7, 11) is 0. The number of anilines is 1. The molecule has 0 amide bonds. The van der Waals surface area contributed by atoms with Crippen LogP contribution in [-0.4, -0.2) is 16.1 Å². The normalized spacial score (nSPS) is 10.7. The van der Waals surface area contributed by atoms with Crippen molar-refractivity contribution in [1.82, 2.24) is 4.98 Å². The van der Waals surface area contributed by atoms with Crippen LogP contribution in [-0.2, 0) is 4.79 Å². The molecule has 1 aromatic heterocycles. The maximum atomic E-state index is 12.8. The van der Waals surface area contributed by atoms with E-state index < -0.39 is 23.4 Å². The third kappa shape index (κ3) is 2.03. The lowest BCUT2D eigenvalue weighted by molar-refractivity contribution is -0.131. The summed E-state index contributed by atoms with van der Waals surface area (Å²) in [6.07, 6.45) is 2.74. The number of hydrogen-bond acceptors (Lipinski definition) is 3. The Bertz CT molecular complexity index is 405. The van der Waals surface area contributed by atoms with Gasteiger partial charge in [0.05, 0.1) is 5.69 Å². The number of carbonyl (C=O) groups is 1. The van der Waals surface area contributed by atoms with E-state index in [0.717, 1.165) is 18.3 Å². The fourth-order valence-corrected chi connectivity index (χ4v) is 0.784. The molecular weight excluding hydrogens is 194 g/mol. The van der Waals surface area contributed by atoms with Crippen LogP contribution in [0.15, 0.2) is 12.3 Å². The van der Waals surface area contributed by atoms with Crippen LogP contribution in [0.1, 0.15) is 5.56 Å². The van der Waals surface area contributed by atoms with Gasteiger partial charge in [-0.15, -0.1) is 0 Å². The molecule has 0 fully saturated rings. The number of pyridine rings is 1. The van der Waals surface area contributed by atoms with Gasteiger partial charge in [0.1, 0.15) is 0 Å². The van der Waals surface area contributed by atoms with Gasteiger partial charge in [-0.05, 0) is 6.08 Å². The minimum atomic E-state index is -1.31. The van der Waals surface area contributed by atoms with Gasteiger partial charge in [-0.2, -0.15) is 8.78 Å². The summed E-state index contributed by atoms with van der Waals surface area (Å²) in [5.41, 5.74) is 4.73. The molecule has 3 N–H and O–H groups in total. The molecule has 0 unspecified atom stereocenters. The number of carboxylic acids is 1. The van der Waals surface area contributed by atoms with Crippen molar-refractivity contribution in [3.05, 3.63) is 29.6 Å². The molecule has 0 aromatic carbocycles. The summed E-state index contributed by atoms with van der Waals surface area (Å²) in [5.74, 6) is -3.80. The molecule has 0 aliphatic rings. The lowest BCUT2D eigenvalue weighted by atomic mass is 10.2. The van der Waals surface area contributed by atoms with Crippen molar-refractivity contribution in [3.63, 3.8) is 0 Å². The molecule has 74 valence electrons. The standard InChI is InChI=1S/C8H6F2N2O2/c9-6-7(11)4(1-2-5(13)14)3-12-8(6)10/h1-3H,(H2,11,12)(H,13,14)/b2-1+. The Kier molecular flexibility index (Phi) is 2.76. The number of nitrogen functional groups attached to an aromatic ring is 1. The van der Waals surface area contributed by atoms with Crippen molar-refractivity contribution in [2.24, 2.45) is 0 Å². The molecule has 14 heavy (non-hydrogen) atoms. The molecular formula is C8H6F2N2O2. The summed E-state index contributed by atoms with van der Waals surface area (Å²) in [5, 5.41) is 8.27. The maximum Gasteiger partial charge on any atom is 0.328 e. The Morgan fingerprint density at radius 1 is 1.57 bits per heavy atom. The van der Waals surface area contributed by atoms with Crippen LogP contribution in [0.3, 0.4) is 0 Å². The van der Waals surface area contributed by atoms with Gasteiger partial charge in [-0.3, -0.25) is 0 Å². The first-order valence-corrected chi connectivity index (χ1v) is 3.53. The van der Waals surface area contributed by atoms with Gasteiger partial charge >= 0.3 is 5.97 Å². The quantitative estimate of drug-likeness (QED) is 0.552. The van der Waals surface area contributed by atoms with E-state index in [-0.39, 0.29) is 5.56 Å². The van der Waals surface area contributed by atoms with Crippen molar-refractivity contribution in [2.75, 3.05) is 5.73 Å². The molecule has 0 radical (unpaired) electrons. The van der Waals surface area contributed by atoms with E-state index in [9.17, 15) is 13.6 Å². The van der Waals surface area contributed by atoms with E-state index in [4.69, 9.17) is 10.8 Å². The van der Waals surface area contributed by atoms with Gasteiger partial charge < -0.3 is 10.8 Å². The van der Waals surface area contributed by atoms with Crippen LogP contribution < -0.4 is 5.73 Å². The summed E-state index contributed by atoms with van der Waals surface area (Å²) < 4.78 is 25.2. The molecule has 6 heteroatoms. The van der Waals surface area contributed by atoms with Crippen LogP contribution in [0.25, 0.3) is 6.08 Å². The number of halogens is 2. The van der Waals surface area contributed by atoms with Gasteiger partial charge in [0.25, 0.3) is 5.95 Å². The van der Waals surface area contributed by atoms with E-state index in [1.807, 2.05) is 0 Å². The summed E-state index contributed by atoms with van der Waals surface area (Å²) in [6.45, 7) is 0. The van der Waals surface area contributed by atoms with E-state index in [1.165, 1.54) is 0 Å². The SMILES string of the molecule is Nc1c(/C=C/C(=O)O)cnc(F)c1F. The molecule has 1 aromatic rings. The molecule has 1 rings (SSSR count). The highest BCUT2D eigenvalue weighted by Crippen LogP contribution is 2.17. The van der Waals surface area contributed by atoms with E-state index in [2.05, 4.69) is 4.98 Å². The lowest BCUT2D eigenvalue weighted by Gasteiger charge is -2.00. The molecule has 0 aliphatic carbocycles. The van der Waals surface area contributed by atoms with Gasteiger partial charge in [0.15, 0.2) is 0 Å². The van der Waals surface area contributed by atoms with Crippen LogP contribution >= 0.6 is 0 Å². The Morgan fingerprint density at radius 2 is 2.21 bits per heavy atom. The monoisotopic (exact) mass is 200 g/mol. The second kappa shape index (κ2) is 3.82. The van der Waals surface area contributed by atoms with E-state index in [1.54, 1.807) is 0 Å². The number of carboxylic acid groups (broad SMARTS) is 1. The minimum Gasteiger partial charge on any atom is -0.478 e. The zero-order valence-corrected chi connectivity index (χ0v) is 6.87. The fraction of sp³-hybridized carbons (Fsp3) is 0.